The average Bonchev–Trinajstić information content (AvgIpc) is 3.03. The molecule has 2 aromatic carbocycles. The van der Waals surface area contributed by atoms with Crippen LogP contribution in [-0.4, -0.2) is 65.3 Å². The maximum absolute atomic E-state index is 13.0. The molecule has 0 spiro atoms. The van der Waals surface area contributed by atoms with Crippen LogP contribution in [0.4, 0.5) is 5.69 Å². The number of nitro groups is 1. The third kappa shape index (κ3) is 4.99. The molecule has 9 nitrogen and oxygen atoms in total. The molecule has 1 N–H and O–H groups in total. The van der Waals surface area contributed by atoms with Crippen LogP contribution >= 0.6 is 11.6 Å². The molecule has 174 valence electrons. The standard InChI is InChI=1S/C23H24ClN3O6/c1-4-33-18-10-7-15(13-17(18)24)21(28)19-20(14-5-8-16(9-6-14)27(31)32)26(12-11-25(2)3)23(30)22(19)29/h5-10,13,20,28H,4,11-12H2,1-3H3/t20-/m1/s1. The summed E-state index contributed by atoms with van der Waals surface area (Å²) in [6.45, 7) is 2.91. The number of ketones is 1. The Hall–Kier alpha value is -3.43. The summed E-state index contributed by atoms with van der Waals surface area (Å²) in [5.74, 6) is -1.54. The Morgan fingerprint density at radius 2 is 1.88 bits per heavy atom. The molecule has 2 aromatic rings. The first kappa shape index (κ1) is 24.2. The number of carbonyl (C=O) groups excluding carboxylic acids is 2. The van der Waals surface area contributed by atoms with E-state index >= 15 is 0 Å². The maximum Gasteiger partial charge on any atom is 0.295 e. The highest BCUT2D eigenvalue weighted by Gasteiger charge is 2.46. The number of nitro benzene ring substituents is 1. The summed E-state index contributed by atoms with van der Waals surface area (Å²) in [6, 6.07) is 9.24. The van der Waals surface area contributed by atoms with Crippen molar-refractivity contribution in [1.82, 2.24) is 9.80 Å². The van der Waals surface area contributed by atoms with Gasteiger partial charge in [-0.3, -0.25) is 19.7 Å². The zero-order chi connectivity index (χ0) is 24.3. The number of carbonyl (C=O) groups is 2. The monoisotopic (exact) mass is 473 g/mol. The van der Waals surface area contributed by atoms with Gasteiger partial charge in [-0.05, 0) is 56.9 Å². The van der Waals surface area contributed by atoms with E-state index in [1.807, 2.05) is 25.9 Å². The molecule has 0 bridgehead atoms. The number of nitrogens with zero attached hydrogens (tertiary/aromatic N) is 3. The molecule has 0 aliphatic carbocycles. The van der Waals surface area contributed by atoms with E-state index in [0.717, 1.165) is 0 Å². The van der Waals surface area contributed by atoms with Gasteiger partial charge < -0.3 is 19.6 Å². The number of likely N-dealkylation sites (N-methyl/N-ethyl adjacent to an activating group) is 1. The van der Waals surface area contributed by atoms with Crippen LogP contribution in [0.5, 0.6) is 5.75 Å². The topological polar surface area (TPSA) is 113 Å². The summed E-state index contributed by atoms with van der Waals surface area (Å²) < 4.78 is 5.41. The molecule has 0 aromatic heterocycles. The van der Waals surface area contributed by atoms with Crippen LogP contribution in [0.15, 0.2) is 48.0 Å². The zero-order valence-corrected chi connectivity index (χ0v) is 19.2. The highest BCUT2D eigenvalue weighted by atomic mass is 35.5. The van der Waals surface area contributed by atoms with Crippen molar-refractivity contribution in [2.24, 2.45) is 0 Å². The zero-order valence-electron chi connectivity index (χ0n) is 18.4. The number of likely N-dealkylation sites (tertiary alicyclic amines) is 1. The van der Waals surface area contributed by atoms with Crippen molar-refractivity contribution >= 4 is 34.7 Å². The van der Waals surface area contributed by atoms with Crippen LogP contribution in [-0.2, 0) is 9.59 Å². The van der Waals surface area contributed by atoms with Crippen molar-refractivity contribution in [3.8, 4) is 5.75 Å². The van der Waals surface area contributed by atoms with E-state index in [9.17, 15) is 24.8 Å². The smallest absolute Gasteiger partial charge is 0.295 e. The van der Waals surface area contributed by atoms with Gasteiger partial charge in [0.1, 0.15) is 11.5 Å². The summed E-state index contributed by atoms with van der Waals surface area (Å²) in [7, 11) is 3.67. The minimum absolute atomic E-state index is 0.104. The lowest BCUT2D eigenvalue weighted by molar-refractivity contribution is -0.384. The van der Waals surface area contributed by atoms with Gasteiger partial charge in [-0.1, -0.05) is 11.6 Å². The van der Waals surface area contributed by atoms with Crippen LogP contribution in [0, 0.1) is 10.1 Å². The first-order valence-corrected chi connectivity index (χ1v) is 10.6. The number of hydrogen-bond donors (Lipinski definition) is 1. The molecule has 1 heterocycles. The molecule has 3 rings (SSSR count). The van der Waals surface area contributed by atoms with Gasteiger partial charge in [0.25, 0.3) is 17.4 Å². The largest absolute Gasteiger partial charge is 0.507 e. The van der Waals surface area contributed by atoms with Crippen molar-refractivity contribution in [1.29, 1.82) is 0 Å². The first-order valence-electron chi connectivity index (χ1n) is 10.3. The van der Waals surface area contributed by atoms with Gasteiger partial charge in [0.2, 0.25) is 0 Å². The van der Waals surface area contributed by atoms with Gasteiger partial charge in [0, 0.05) is 30.8 Å². The van der Waals surface area contributed by atoms with Gasteiger partial charge in [-0.2, -0.15) is 0 Å². The van der Waals surface area contributed by atoms with E-state index in [-0.39, 0.29) is 34.2 Å². The van der Waals surface area contributed by atoms with Crippen LogP contribution in [0.3, 0.4) is 0 Å². The lowest BCUT2D eigenvalue weighted by Gasteiger charge is -2.26. The third-order valence-electron chi connectivity index (χ3n) is 5.25. The van der Waals surface area contributed by atoms with Gasteiger partial charge in [0.05, 0.1) is 28.2 Å². The molecule has 1 amide bonds. The van der Waals surface area contributed by atoms with Crippen molar-refractivity contribution in [2.75, 3.05) is 33.8 Å². The Bertz CT molecular complexity index is 1110. The van der Waals surface area contributed by atoms with Crippen LogP contribution < -0.4 is 4.74 Å². The van der Waals surface area contributed by atoms with Gasteiger partial charge in [-0.15, -0.1) is 0 Å². The Kier molecular flexibility index (Phi) is 7.35. The second kappa shape index (κ2) is 10.0. The Labute approximate surface area is 196 Å². The van der Waals surface area contributed by atoms with E-state index in [0.29, 0.717) is 24.5 Å². The van der Waals surface area contributed by atoms with E-state index in [1.54, 1.807) is 12.1 Å². The van der Waals surface area contributed by atoms with Crippen molar-refractivity contribution in [3.63, 3.8) is 0 Å². The average molecular weight is 474 g/mol. The SMILES string of the molecule is CCOc1ccc(C(O)=C2C(=O)C(=O)N(CCN(C)C)[C@@H]2c2ccc([N+](=O)[O-])cc2)cc1Cl. The van der Waals surface area contributed by atoms with Crippen molar-refractivity contribution < 1.29 is 24.4 Å². The van der Waals surface area contributed by atoms with Crippen molar-refractivity contribution in [3.05, 3.63) is 74.3 Å². The number of aliphatic hydroxyl groups is 1. The van der Waals surface area contributed by atoms with Gasteiger partial charge >= 0.3 is 0 Å². The number of halogens is 1. The van der Waals surface area contributed by atoms with Gasteiger partial charge in [-0.25, -0.2) is 0 Å². The molecule has 1 atom stereocenters. The summed E-state index contributed by atoms with van der Waals surface area (Å²) in [5.41, 5.74) is 0.494. The summed E-state index contributed by atoms with van der Waals surface area (Å²) in [6.07, 6.45) is 0. The minimum Gasteiger partial charge on any atom is -0.507 e. The fraction of sp³-hybridized carbons (Fsp3) is 0.304. The lowest BCUT2D eigenvalue weighted by Crippen LogP contribution is -2.35. The van der Waals surface area contributed by atoms with E-state index in [4.69, 9.17) is 16.3 Å². The van der Waals surface area contributed by atoms with E-state index in [2.05, 4.69) is 0 Å². The number of non-ortho nitro benzene ring substituents is 1. The van der Waals surface area contributed by atoms with Crippen LogP contribution in [0.2, 0.25) is 5.02 Å². The lowest BCUT2D eigenvalue weighted by atomic mass is 9.95. The Balaban J connectivity index is 2.13. The predicted molar refractivity (Wildman–Crippen MR) is 123 cm³/mol. The molecular formula is C23H24ClN3O6. The summed E-state index contributed by atoms with van der Waals surface area (Å²) in [5, 5.41) is 22.4. The number of hydrogen-bond acceptors (Lipinski definition) is 7. The van der Waals surface area contributed by atoms with Gasteiger partial charge in [0.15, 0.2) is 0 Å². The molecule has 1 saturated heterocycles. The second-order valence-electron chi connectivity index (χ2n) is 7.72. The Morgan fingerprint density at radius 1 is 1.21 bits per heavy atom. The third-order valence-corrected chi connectivity index (χ3v) is 5.55. The maximum atomic E-state index is 13.0. The van der Waals surface area contributed by atoms with E-state index in [1.165, 1.54) is 35.2 Å². The molecule has 1 fully saturated rings. The Morgan fingerprint density at radius 3 is 2.42 bits per heavy atom. The summed E-state index contributed by atoms with van der Waals surface area (Å²) >= 11 is 6.25. The van der Waals surface area contributed by atoms with E-state index < -0.39 is 22.7 Å². The number of amides is 1. The molecule has 1 aliphatic heterocycles. The second-order valence-corrected chi connectivity index (χ2v) is 8.13. The highest BCUT2D eigenvalue weighted by molar-refractivity contribution is 6.46. The van der Waals surface area contributed by atoms with Crippen molar-refractivity contribution in [2.45, 2.75) is 13.0 Å². The first-order chi connectivity index (χ1) is 15.6. The number of ether oxygens (including phenoxy) is 1. The summed E-state index contributed by atoms with van der Waals surface area (Å²) in [4.78, 5) is 39.6. The molecular weight excluding hydrogens is 450 g/mol. The number of aliphatic hydroxyl groups excluding tert-OH is 1. The molecule has 0 saturated carbocycles. The van der Waals surface area contributed by atoms with Crippen LogP contribution in [0.1, 0.15) is 24.1 Å². The number of Topliss-reactive ketones (excluding diaryl/α,β-unsaturated/α-hetero) is 1. The fourth-order valence-electron chi connectivity index (χ4n) is 3.62. The minimum atomic E-state index is -0.906. The molecule has 1 aliphatic rings. The predicted octanol–water partition coefficient (Wildman–Crippen LogP) is 3.63. The molecule has 33 heavy (non-hydrogen) atoms. The normalized spacial score (nSPS) is 17.6. The number of benzene rings is 2. The number of rotatable bonds is 8. The quantitative estimate of drug-likeness (QED) is 0.205. The fourth-order valence-corrected chi connectivity index (χ4v) is 3.85. The highest BCUT2D eigenvalue weighted by Crippen LogP contribution is 2.40. The molecule has 0 unspecified atom stereocenters. The van der Waals surface area contributed by atoms with Crippen LogP contribution in [0.25, 0.3) is 5.76 Å². The molecule has 10 heteroatoms. The molecule has 0 radical (unpaired) electrons.